The molecule has 576 valence electrons. The maximum absolute atomic E-state index is 15.2. The molecule has 5 aromatic carbocycles. The largest absolute Gasteiger partial charge is 0.486 e. The van der Waals surface area contributed by atoms with Crippen molar-refractivity contribution < 1.29 is 50.4 Å². The second-order valence-electron chi connectivity index (χ2n) is 28.7. The van der Waals surface area contributed by atoms with Crippen LogP contribution in [0.1, 0.15) is 175 Å². The summed E-state index contributed by atoms with van der Waals surface area (Å²) >= 11 is 6.42. The van der Waals surface area contributed by atoms with Gasteiger partial charge in [-0.25, -0.2) is 22.0 Å². The molecule has 0 spiro atoms. The van der Waals surface area contributed by atoms with E-state index in [9.17, 15) is 8.78 Å². The number of H-pyrrole nitrogens is 3. The Bertz CT molecular complexity index is 4930. The minimum Gasteiger partial charge on any atom is -0.486 e. The van der Waals surface area contributed by atoms with E-state index < -0.39 is 23.6 Å². The maximum atomic E-state index is 15.2. The van der Waals surface area contributed by atoms with Crippen LogP contribution in [0.2, 0.25) is 5.02 Å². The Hall–Kier alpha value is -10.5. The Morgan fingerprint density at radius 3 is 1.37 bits per heavy atom. The molecule has 3 aliphatic rings. The zero-order valence-electron chi connectivity index (χ0n) is 63.1. The molecule has 3 saturated heterocycles. The van der Waals surface area contributed by atoms with E-state index in [2.05, 4.69) is 55.8 Å². The van der Waals surface area contributed by atoms with Crippen molar-refractivity contribution in [2.45, 2.75) is 137 Å². The summed E-state index contributed by atoms with van der Waals surface area (Å²) in [5, 5.41) is 27.9. The van der Waals surface area contributed by atoms with E-state index in [0.29, 0.717) is 108 Å². The number of benzene rings is 5. The standard InChI is InChI=1S/C30H31ClFN3O2.2C29H30F2N4O2/c1-19-4-3-5-26(31)30(19)20(2)37-24-10-11-28-25(16-24)29(35-34-28)17-27(32)22-7-9-23(33-18-22)8-6-21-12-14-36-15-13-21;1-18-15-32-17-26(31)29(18)19(2)37-23-7-8-27-24(13-23)28(35-34-27)14-25(30)21-4-6-22(33-16-21)5-3-20-9-11-36-12-10-20;1-18-11-21(13-22(30)12-18)19(2)37-25-5-6-28-26(14-25)29(35-34-28)15-27(31)20-3-4-24(32-16-20)17-33-23-7-9-36-10-8-23/h3-5,7,9-11,16-18,20-21H,6,8,12-15H2,1-2H3,(H,34,35);4,6-8,13-17,19-20H,3,5,9-12H2,1-2H3,(H,34,35);3-6,11-16,19,23,33H,7-10,17H2,1-2H3,(H,34,35)/b27-17-;25-14-;27-15-. The van der Waals surface area contributed by atoms with Crippen LogP contribution in [-0.2, 0) is 33.6 Å². The number of fused-ring (bicyclic) bond motifs is 3. The van der Waals surface area contributed by atoms with Crippen molar-refractivity contribution in [1.29, 1.82) is 0 Å². The highest BCUT2D eigenvalue weighted by Gasteiger charge is 2.22. The molecule has 3 atom stereocenters. The van der Waals surface area contributed by atoms with Crippen molar-refractivity contribution in [3.8, 4) is 17.2 Å². The first-order valence-electron chi connectivity index (χ1n) is 37.9. The van der Waals surface area contributed by atoms with Crippen LogP contribution >= 0.6 is 11.6 Å². The molecule has 0 amide bonds. The van der Waals surface area contributed by atoms with Crippen molar-refractivity contribution in [3.63, 3.8) is 0 Å². The number of ether oxygens (including phenoxy) is 6. The van der Waals surface area contributed by atoms with Gasteiger partial charge in [0.25, 0.3) is 0 Å². The third-order valence-electron chi connectivity index (χ3n) is 20.6. The molecule has 111 heavy (non-hydrogen) atoms. The third kappa shape index (κ3) is 21.0. The lowest BCUT2D eigenvalue weighted by atomic mass is 9.94. The molecule has 17 nitrogen and oxygen atoms in total. The van der Waals surface area contributed by atoms with E-state index in [1.807, 2.05) is 100 Å². The van der Waals surface area contributed by atoms with Gasteiger partial charge >= 0.3 is 0 Å². The van der Waals surface area contributed by atoms with E-state index in [-0.39, 0.29) is 23.9 Å². The molecule has 3 aliphatic heterocycles. The summed E-state index contributed by atoms with van der Waals surface area (Å²) in [6.07, 6.45) is 21.0. The molecular weight excluding hydrogens is 1440 g/mol. The number of halogens is 6. The molecule has 0 radical (unpaired) electrons. The number of aryl methyl sites for hydroxylation is 5. The summed E-state index contributed by atoms with van der Waals surface area (Å²) < 4.78 is 108. The van der Waals surface area contributed by atoms with Crippen LogP contribution in [0.15, 0.2) is 158 Å². The normalized spacial score (nSPS) is 15.7. The minimum absolute atomic E-state index is 0.246. The first-order valence-corrected chi connectivity index (χ1v) is 38.3. The Kier molecular flexibility index (Phi) is 26.5. The summed E-state index contributed by atoms with van der Waals surface area (Å²) in [6, 6.07) is 38.3. The van der Waals surface area contributed by atoms with Crippen molar-refractivity contribution in [3.05, 3.63) is 259 Å². The van der Waals surface area contributed by atoms with Gasteiger partial charge in [-0.1, -0.05) is 29.8 Å². The zero-order chi connectivity index (χ0) is 77.3. The molecule has 3 fully saturated rings. The molecule has 15 rings (SSSR count). The molecule has 12 aromatic rings. The van der Waals surface area contributed by atoms with Gasteiger partial charge in [0.15, 0.2) is 0 Å². The fraction of sp³-hybridized carbons (Fsp3) is 0.330. The van der Waals surface area contributed by atoms with Crippen LogP contribution in [0.25, 0.3) is 68.4 Å². The van der Waals surface area contributed by atoms with Gasteiger partial charge in [-0.3, -0.25) is 35.2 Å². The van der Waals surface area contributed by atoms with Gasteiger partial charge in [-0.05, 0) is 249 Å². The molecule has 23 heteroatoms. The van der Waals surface area contributed by atoms with Gasteiger partial charge in [-0.15, -0.1) is 0 Å². The minimum atomic E-state index is -0.529. The SMILES string of the molecule is Cc1cc(F)cc(C(C)Oc2ccc3n[nH]c(/C=C(\F)c4ccc(CNC5CCOCC5)nc4)c3c2)c1.Cc1cccc(Cl)c1C(C)Oc1ccc2n[nH]c(/C=C(\F)c3ccc(CCC4CCOCC4)nc3)c2c1.Cc1cncc(F)c1C(C)Oc1ccc2n[nH]c(/C=C(\F)c3ccc(CCC4CCOCC4)nc3)c2c1. The summed E-state index contributed by atoms with van der Waals surface area (Å²) in [7, 11) is 0. The molecule has 10 heterocycles. The molecule has 7 aromatic heterocycles. The van der Waals surface area contributed by atoms with Crippen molar-refractivity contribution in [1.82, 2.24) is 55.8 Å². The van der Waals surface area contributed by atoms with Crippen molar-refractivity contribution in [2.24, 2.45) is 11.8 Å². The highest BCUT2D eigenvalue weighted by molar-refractivity contribution is 6.31. The second kappa shape index (κ2) is 37.5. The van der Waals surface area contributed by atoms with E-state index >= 15 is 13.2 Å². The Balaban J connectivity index is 0.000000146. The Morgan fingerprint density at radius 2 is 0.937 bits per heavy atom. The van der Waals surface area contributed by atoms with Gasteiger partial charge in [-0.2, -0.15) is 15.3 Å². The van der Waals surface area contributed by atoms with Crippen molar-refractivity contribution in [2.75, 3.05) is 39.6 Å². The summed E-state index contributed by atoms with van der Waals surface area (Å²) in [5.74, 6) is 1.22. The van der Waals surface area contributed by atoms with Crippen LogP contribution in [0, 0.1) is 44.2 Å². The number of rotatable bonds is 24. The fourth-order valence-electron chi connectivity index (χ4n) is 14.2. The van der Waals surface area contributed by atoms with Crippen LogP contribution < -0.4 is 19.5 Å². The predicted octanol–water partition coefficient (Wildman–Crippen LogP) is 20.9. The zero-order valence-corrected chi connectivity index (χ0v) is 63.8. The lowest BCUT2D eigenvalue weighted by Crippen LogP contribution is -2.34. The molecular formula is C88H91ClF5N11O6. The quantitative estimate of drug-likeness (QED) is 0.0416. The van der Waals surface area contributed by atoms with E-state index in [1.165, 1.54) is 36.6 Å². The average Bonchev–Trinajstić information content (AvgIpc) is 1.68. The number of nitrogens with one attached hydrogen (secondary N) is 4. The van der Waals surface area contributed by atoms with Gasteiger partial charge in [0.1, 0.15) is 64.7 Å². The summed E-state index contributed by atoms with van der Waals surface area (Å²) in [5.41, 5.74) is 12.5. The predicted molar refractivity (Wildman–Crippen MR) is 426 cm³/mol. The smallest absolute Gasteiger partial charge is 0.148 e. The number of nitrogens with zero attached hydrogens (tertiary/aromatic N) is 7. The van der Waals surface area contributed by atoms with Crippen molar-refractivity contribution >= 4 is 80.0 Å². The third-order valence-corrected chi connectivity index (χ3v) is 20.9. The van der Waals surface area contributed by atoms with E-state index in [4.69, 9.17) is 40.0 Å². The topological polar surface area (TPSA) is 205 Å². The van der Waals surface area contributed by atoms with Crippen LogP contribution in [0.5, 0.6) is 17.2 Å². The lowest BCUT2D eigenvalue weighted by Gasteiger charge is -2.23. The summed E-state index contributed by atoms with van der Waals surface area (Å²) in [4.78, 5) is 17.3. The van der Waals surface area contributed by atoms with E-state index in [0.717, 1.165) is 159 Å². The molecule has 0 bridgehead atoms. The average molecular weight is 1530 g/mol. The number of aromatic nitrogens is 10. The van der Waals surface area contributed by atoms with Crippen LogP contribution in [0.4, 0.5) is 22.0 Å². The number of hydrogen-bond donors (Lipinski definition) is 4. The molecule has 0 saturated carbocycles. The van der Waals surface area contributed by atoms with Gasteiger partial charge < -0.3 is 33.7 Å². The van der Waals surface area contributed by atoms with Gasteiger partial charge in [0, 0.05) is 156 Å². The summed E-state index contributed by atoms with van der Waals surface area (Å²) in [6.45, 7) is 16.8. The van der Waals surface area contributed by atoms with Crippen LogP contribution in [-0.4, -0.2) is 96.2 Å². The first-order chi connectivity index (χ1) is 53.9. The Morgan fingerprint density at radius 1 is 0.495 bits per heavy atom. The van der Waals surface area contributed by atoms with Crippen LogP contribution in [0.3, 0.4) is 0 Å². The van der Waals surface area contributed by atoms with Gasteiger partial charge in [0.05, 0.1) is 45.5 Å². The highest BCUT2D eigenvalue weighted by Crippen LogP contribution is 2.36. The van der Waals surface area contributed by atoms with E-state index in [1.54, 1.807) is 81.1 Å². The Labute approximate surface area is 647 Å². The molecule has 4 N–H and O–H groups in total. The number of hydrogen-bond acceptors (Lipinski definition) is 14. The lowest BCUT2D eigenvalue weighted by molar-refractivity contribution is 0.0638. The number of aromatic amines is 3. The maximum Gasteiger partial charge on any atom is 0.148 e. The molecule has 3 unspecified atom stereocenters. The van der Waals surface area contributed by atoms with Gasteiger partial charge in [0.2, 0.25) is 0 Å². The first kappa shape index (κ1) is 78.6. The highest BCUT2D eigenvalue weighted by atomic mass is 35.5. The number of pyridine rings is 4. The fourth-order valence-corrected chi connectivity index (χ4v) is 14.6. The second-order valence-corrected chi connectivity index (χ2v) is 29.1. The monoisotopic (exact) mass is 1530 g/mol. The molecule has 0 aliphatic carbocycles.